The van der Waals surface area contributed by atoms with Crippen molar-refractivity contribution in [3.63, 3.8) is 0 Å². The fourth-order valence-corrected chi connectivity index (χ4v) is 2.26. The SMILES string of the molecule is O=C(Nc1ccc([N+](=O)[O-])cc1)c1cc2nc(C(F)F)cc(C(F)F)n2n1. The molecule has 1 aromatic carbocycles. The van der Waals surface area contributed by atoms with Crippen molar-refractivity contribution in [3.8, 4) is 0 Å². The quantitative estimate of drug-likeness (QED) is 0.411. The summed E-state index contributed by atoms with van der Waals surface area (Å²) in [4.78, 5) is 25.7. The molecule has 3 rings (SSSR count). The van der Waals surface area contributed by atoms with Crippen LogP contribution in [0.25, 0.3) is 5.65 Å². The van der Waals surface area contributed by atoms with Crippen molar-refractivity contribution in [2.75, 3.05) is 5.32 Å². The van der Waals surface area contributed by atoms with Crippen LogP contribution in [-0.2, 0) is 0 Å². The third kappa shape index (κ3) is 3.68. The Labute approximate surface area is 147 Å². The smallest absolute Gasteiger partial charge is 0.280 e. The minimum atomic E-state index is -3.11. The molecule has 8 nitrogen and oxygen atoms in total. The number of nitro groups is 1. The highest BCUT2D eigenvalue weighted by Gasteiger charge is 2.22. The molecule has 0 bridgehead atoms. The number of non-ortho nitro benzene ring substituents is 1. The van der Waals surface area contributed by atoms with Gasteiger partial charge in [-0.2, -0.15) is 5.10 Å². The second kappa shape index (κ2) is 6.97. The number of halogens is 4. The number of hydrogen-bond acceptors (Lipinski definition) is 5. The van der Waals surface area contributed by atoms with E-state index < -0.39 is 35.1 Å². The molecule has 0 aliphatic heterocycles. The lowest BCUT2D eigenvalue weighted by Crippen LogP contribution is -2.13. The fraction of sp³-hybridized carbons (Fsp3) is 0.133. The van der Waals surface area contributed by atoms with Crippen LogP contribution >= 0.6 is 0 Å². The number of anilines is 1. The summed E-state index contributed by atoms with van der Waals surface area (Å²) >= 11 is 0. The van der Waals surface area contributed by atoms with E-state index in [1.54, 1.807) is 0 Å². The summed E-state index contributed by atoms with van der Waals surface area (Å²) in [5, 5.41) is 16.7. The first kappa shape index (κ1) is 18.2. The van der Waals surface area contributed by atoms with Crippen LogP contribution < -0.4 is 5.32 Å². The van der Waals surface area contributed by atoms with E-state index in [2.05, 4.69) is 15.4 Å². The molecule has 0 saturated heterocycles. The third-order valence-corrected chi connectivity index (χ3v) is 3.49. The minimum Gasteiger partial charge on any atom is -0.321 e. The fourth-order valence-electron chi connectivity index (χ4n) is 2.26. The van der Waals surface area contributed by atoms with Gasteiger partial charge in [0, 0.05) is 23.9 Å². The first-order valence-electron chi connectivity index (χ1n) is 7.29. The number of benzene rings is 1. The molecule has 12 heteroatoms. The number of nitrogens with zero attached hydrogens (tertiary/aromatic N) is 4. The maximum absolute atomic E-state index is 13.1. The molecule has 0 atom stereocenters. The molecule has 2 heterocycles. The number of carbonyl (C=O) groups excluding carboxylic acids is 1. The Kier molecular flexibility index (Phi) is 4.71. The third-order valence-electron chi connectivity index (χ3n) is 3.49. The molecule has 0 unspecified atom stereocenters. The van der Waals surface area contributed by atoms with Crippen molar-refractivity contribution in [3.05, 3.63) is 63.6 Å². The minimum absolute atomic E-state index is 0.189. The lowest BCUT2D eigenvalue weighted by molar-refractivity contribution is -0.384. The largest absolute Gasteiger partial charge is 0.321 e. The topological polar surface area (TPSA) is 102 Å². The van der Waals surface area contributed by atoms with Gasteiger partial charge in [0.25, 0.3) is 24.4 Å². The number of amides is 1. The van der Waals surface area contributed by atoms with Gasteiger partial charge in [-0.1, -0.05) is 0 Å². The van der Waals surface area contributed by atoms with Crippen molar-refractivity contribution in [1.29, 1.82) is 0 Å². The highest BCUT2D eigenvalue weighted by atomic mass is 19.3. The molecular weight excluding hydrogens is 374 g/mol. The number of aromatic nitrogens is 3. The van der Waals surface area contributed by atoms with Gasteiger partial charge in [-0.15, -0.1) is 0 Å². The van der Waals surface area contributed by atoms with E-state index in [1.807, 2.05) is 0 Å². The summed E-state index contributed by atoms with van der Waals surface area (Å²) in [6.45, 7) is 0. The molecular formula is C15H9F4N5O3. The number of fused-ring (bicyclic) bond motifs is 1. The second-order valence-electron chi connectivity index (χ2n) is 5.26. The van der Waals surface area contributed by atoms with Crippen molar-refractivity contribution in [2.45, 2.75) is 12.9 Å². The van der Waals surface area contributed by atoms with Crippen LogP contribution in [0.1, 0.15) is 34.7 Å². The summed E-state index contributed by atoms with van der Waals surface area (Å²) < 4.78 is 52.5. The number of alkyl halides is 4. The highest BCUT2D eigenvalue weighted by molar-refractivity contribution is 6.03. The summed E-state index contributed by atoms with van der Waals surface area (Å²) in [6, 6.07) is 6.36. The molecule has 0 aliphatic carbocycles. The molecule has 140 valence electrons. The van der Waals surface area contributed by atoms with Crippen molar-refractivity contribution < 1.29 is 27.3 Å². The van der Waals surface area contributed by atoms with Gasteiger partial charge in [0.05, 0.1) is 4.92 Å². The van der Waals surface area contributed by atoms with Crippen molar-refractivity contribution in [1.82, 2.24) is 14.6 Å². The van der Waals surface area contributed by atoms with Crippen LogP contribution in [0, 0.1) is 10.1 Å². The van der Waals surface area contributed by atoms with Crippen molar-refractivity contribution in [2.24, 2.45) is 0 Å². The standard InChI is InChI=1S/C15H9F4N5O3/c16-13(17)9-5-11(14(18)19)23-12(21-9)6-10(22-23)15(25)20-7-1-3-8(4-2-7)24(26)27/h1-6,13-14H,(H,20,25). The summed E-state index contributed by atoms with van der Waals surface area (Å²) in [5.74, 6) is -0.826. The Bertz CT molecular complexity index is 1020. The number of hydrogen-bond donors (Lipinski definition) is 1. The van der Waals surface area contributed by atoms with E-state index in [1.165, 1.54) is 12.1 Å². The van der Waals surface area contributed by atoms with Crippen LogP contribution in [0.2, 0.25) is 0 Å². The molecule has 0 radical (unpaired) electrons. The van der Waals surface area contributed by atoms with Gasteiger partial charge in [0.15, 0.2) is 11.3 Å². The molecule has 0 fully saturated rings. The first-order chi connectivity index (χ1) is 12.8. The zero-order valence-corrected chi connectivity index (χ0v) is 13.1. The Balaban J connectivity index is 1.93. The lowest BCUT2D eigenvalue weighted by Gasteiger charge is -2.06. The Morgan fingerprint density at radius 2 is 1.78 bits per heavy atom. The van der Waals surface area contributed by atoms with E-state index in [9.17, 15) is 32.5 Å². The zero-order chi connectivity index (χ0) is 19.7. The van der Waals surface area contributed by atoms with Gasteiger partial charge in [-0.3, -0.25) is 14.9 Å². The van der Waals surface area contributed by atoms with E-state index in [-0.39, 0.29) is 22.7 Å². The molecule has 0 saturated carbocycles. The van der Waals surface area contributed by atoms with Gasteiger partial charge < -0.3 is 5.32 Å². The molecule has 1 amide bonds. The maximum atomic E-state index is 13.1. The summed E-state index contributed by atoms with van der Waals surface area (Å²) in [5.41, 5.74) is -2.36. The number of rotatable bonds is 5. The monoisotopic (exact) mass is 383 g/mol. The van der Waals surface area contributed by atoms with Crippen molar-refractivity contribution >= 4 is 22.9 Å². The number of carbonyl (C=O) groups is 1. The van der Waals surface area contributed by atoms with Crippen LogP contribution in [0.5, 0.6) is 0 Å². The van der Waals surface area contributed by atoms with Gasteiger partial charge in [0.2, 0.25) is 0 Å². The van der Waals surface area contributed by atoms with Gasteiger partial charge in [0.1, 0.15) is 11.4 Å². The molecule has 3 aromatic rings. The van der Waals surface area contributed by atoms with Crippen LogP contribution in [0.4, 0.5) is 28.9 Å². The van der Waals surface area contributed by atoms with E-state index in [0.717, 1.165) is 18.2 Å². The van der Waals surface area contributed by atoms with Gasteiger partial charge in [-0.25, -0.2) is 27.1 Å². The van der Waals surface area contributed by atoms with Crippen LogP contribution in [-0.4, -0.2) is 25.4 Å². The number of nitrogens with one attached hydrogen (secondary N) is 1. The average molecular weight is 383 g/mol. The molecule has 2 aromatic heterocycles. The predicted molar refractivity (Wildman–Crippen MR) is 84.0 cm³/mol. The second-order valence-corrected chi connectivity index (χ2v) is 5.26. The zero-order valence-electron chi connectivity index (χ0n) is 13.1. The van der Waals surface area contributed by atoms with Crippen LogP contribution in [0.15, 0.2) is 36.4 Å². The molecule has 1 N–H and O–H groups in total. The summed E-state index contributed by atoms with van der Waals surface area (Å²) in [7, 11) is 0. The number of nitro benzene ring substituents is 1. The molecule has 0 aliphatic rings. The van der Waals surface area contributed by atoms with Gasteiger partial charge in [-0.05, 0) is 18.2 Å². The predicted octanol–water partition coefficient (Wildman–Crippen LogP) is 3.77. The highest BCUT2D eigenvalue weighted by Crippen LogP contribution is 2.25. The van der Waals surface area contributed by atoms with Crippen LogP contribution in [0.3, 0.4) is 0 Å². The Morgan fingerprint density at radius 1 is 1.11 bits per heavy atom. The van der Waals surface area contributed by atoms with E-state index in [4.69, 9.17) is 0 Å². The molecule has 0 spiro atoms. The van der Waals surface area contributed by atoms with Gasteiger partial charge >= 0.3 is 0 Å². The lowest BCUT2D eigenvalue weighted by atomic mass is 10.2. The van der Waals surface area contributed by atoms with E-state index >= 15 is 0 Å². The van der Waals surface area contributed by atoms with E-state index in [0.29, 0.717) is 10.6 Å². The summed E-state index contributed by atoms with van der Waals surface area (Å²) in [6.07, 6.45) is -6.18. The first-order valence-corrected chi connectivity index (χ1v) is 7.29. The Morgan fingerprint density at radius 3 is 2.33 bits per heavy atom. The normalized spacial score (nSPS) is 11.3. The average Bonchev–Trinajstić information content (AvgIpc) is 3.05. The maximum Gasteiger partial charge on any atom is 0.280 e. The Hall–Kier alpha value is -3.57. The molecule has 27 heavy (non-hydrogen) atoms.